The third-order valence-corrected chi connectivity index (χ3v) is 4.48. The highest BCUT2D eigenvalue weighted by molar-refractivity contribution is 5.22. The zero-order valence-electron chi connectivity index (χ0n) is 15.3. The summed E-state index contributed by atoms with van der Waals surface area (Å²) in [5.41, 5.74) is 2.07. The van der Waals surface area contributed by atoms with Gasteiger partial charge in [0.15, 0.2) is 0 Å². The van der Waals surface area contributed by atoms with Gasteiger partial charge in [-0.3, -0.25) is 0 Å². The van der Waals surface area contributed by atoms with Gasteiger partial charge in [0.2, 0.25) is 0 Å². The van der Waals surface area contributed by atoms with E-state index in [1.54, 1.807) is 0 Å². The molecular formula is C22H28O4. The Hall–Kier alpha value is -1.72. The lowest BCUT2D eigenvalue weighted by molar-refractivity contribution is -0.123. The molecule has 1 heterocycles. The molecule has 0 atom stereocenters. The van der Waals surface area contributed by atoms with Crippen LogP contribution in [-0.4, -0.2) is 51.8 Å². The van der Waals surface area contributed by atoms with Crippen LogP contribution in [-0.2, 0) is 31.8 Å². The van der Waals surface area contributed by atoms with E-state index in [-0.39, 0.29) is 0 Å². The summed E-state index contributed by atoms with van der Waals surface area (Å²) in [6.07, 6.45) is 1.59. The topological polar surface area (TPSA) is 36.9 Å². The van der Waals surface area contributed by atoms with Crippen LogP contribution in [0.25, 0.3) is 0 Å². The maximum absolute atomic E-state index is 6.42. The van der Waals surface area contributed by atoms with E-state index in [0.717, 1.165) is 12.8 Å². The van der Waals surface area contributed by atoms with E-state index >= 15 is 0 Å². The van der Waals surface area contributed by atoms with Crippen LogP contribution in [0.5, 0.6) is 0 Å². The number of hydrogen-bond donors (Lipinski definition) is 0. The predicted molar refractivity (Wildman–Crippen MR) is 101 cm³/mol. The van der Waals surface area contributed by atoms with Crippen molar-refractivity contribution in [3.05, 3.63) is 71.8 Å². The first-order chi connectivity index (χ1) is 12.9. The van der Waals surface area contributed by atoms with E-state index in [2.05, 4.69) is 48.5 Å². The Kier molecular flexibility index (Phi) is 7.65. The molecule has 3 rings (SSSR count). The molecule has 0 saturated carbocycles. The third kappa shape index (κ3) is 6.22. The van der Waals surface area contributed by atoms with Crippen molar-refractivity contribution in [1.82, 2.24) is 0 Å². The van der Waals surface area contributed by atoms with E-state index in [0.29, 0.717) is 46.2 Å². The molecule has 26 heavy (non-hydrogen) atoms. The summed E-state index contributed by atoms with van der Waals surface area (Å²) >= 11 is 0. The normalized spacial score (nSPS) is 19.2. The Labute approximate surface area is 156 Å². The average molecular weight is 356 g/mol. The van der Waals surface area contributed by atoms with Gasteiger partial charge in [0.1, 0.15) is 0 Å². The quantitative estimate of drug-likeness (QED) is 0.842. The largest absolute Gasteiger partial charge is 0.377 e. The zero-order valence-corrected chi connectivity index (χ0v) is 15.3. The molecule has 0 radical (unpaired) electrons. The molecule has 0 aliphatic carbocycles. The van der Waals surface area contributed by atoms with Crippen molar-refractivity contribution >= 4 is 0 Å². The van der Waals surface area contributed by atoms with Crippen molar-refractivity contribution < 1.29 is 18.9 Å². The van der Waals surface area contributed by atoms with Crippen LogP contribution >= 0.6 is 0 Å². The molecule has 0 bridgehead atoms. The van der Waals surface area contributed by atoms with Crippen LogP contribution < -0.4 is 0 Å². The second kappa shape index (κ2) is 10.4. The van der Waals surface area contributed by atoms with Crippen molar-refractivity contribution in [3.8, 4) is 0 Å². The molecule has 2 aromatic carbocycles. The summed E-state index contributed by atoms with van der Waals surface area (Å²) in [6, 6.07) is 20.9. The Morgan fingerprint density at radius 1 is 0.577 bits per heavy atom. The second-order valence-corrected chi connectivity index (χ2v) is 6.63. The molecule has 4 heteroatoms. The van der Waals surface area contributed by atoms with Crippen LogP contribution in [0.1, 0.15) is 11.1 Å². The fraction of sp³-hybridized carbons (Fsp3) is 0.455. The maximum Gasteiger partial charge on any atom is 0.0996 e. The van der Waals surface area contributed by atoms with Crippen molar-refractivity contribution in [3.63, 3.8) is 0 Å². The summed E-state index contributed by atoms with van der Waals surface area (Å²) in [5.74, 6) is 0. The minimum Gasteiger partial charge on any atom is -0.377 e. The lowest BCUT2D eigenvalue weighted by atomic mass is 9.88. The first-order valence-electron chi connectivity index (χ1n) is 9.31. The van der Waals surface area contributed by atoms with Gasteiger partial charge in [0.25, 0.3) is 0 Å². The highest BCUT2D eigenvalue weighted by Crippen LogP contribution is 2.25. The van der Waals surface area contributed by atoms with Crippen molar-refractivity contribution in [2.75, 3.05) is 46.2 Å². The Morgan fingerprint density at radius 2 is 1.04 bits per heavy atom. The molecule has 1 fully saturated rings. The van der Waals surface area contributed by atoms with Gasteiger partial charge in [-0.05, 0) is 11.1 Å². The highest BCUT2D eigenvalue weighted by Gasteiger charge is 2.32. The Morgan fingerprint density at radius 3 is 1.58 bits per heavy atom. The van der Waals surface area contributed by atoms with Crippen LogP contribution in [0.3, 0.4) is 0 Å². The third-order valence-electron chi connectivity index (χ3n) is 4.48. The molecule has 4 nitrogen and oxygen atoms in total. The SMILES string of the molecule is c1ccc(CC2(Cc3ccccc3)COCCOCCOCCO2)cc1. The van der Waals surface area contributed by atoms with Gasteiger partial charge < -0.3 is 18.9 Å². The molecule has 1 saturated heterocycles. The summed E-state index contributed by atoms with van der Waals surface area (Å²) < 4.78 is 23.5. The van der Waals surface area contributed by atoms with Gasteiger partial charge in [0, 0.05) is 12.8 Å². The number of ether oxygens (including phenoxy) is 4. The predicted octanol–water partition coefficient (Wildman–Crippen LogP) is 3.29. The first-order valence-corrected chi connectivity index (χ1v) is 9.31. The molecule has 0 unspecified atom stereocenters. The molecule has 0 amide bonds. The average Bonchev–Trinajstić information content (AvgIpc) is 2.66. The van der Waals surface area contributed by atoms with E-state index in [1.165, 1.54) is 11.1 Å². The summed E-state index contributed by atoms with van der Waals surface area (Å²) in [4.78, 5) is 0. The number of rotatable bonds is 4. The molecule has 1 aliphatic rings. The van der Waals surface area contributed by atoms with Gasteiger partial charge in [-0.15, -0.1) is 0 Å². The molecule has 0 N–H and O–H groups in total. The lowest BCUT2D eigenvalue weighted by Gasteiger charge is -2.34. The number of benzene rings is 2. The maximum atomic E-state index is 6.42. The second-order valence-electron chi connectivity index (χ2n) is 6.63. The minimum absolute atomic E-state index is 0.425. The highest BCUT2D eigenvalue weighted by atomic mass is 16.6. The molecule has 1 aliphatic heterocycles. The summed E-state index contributed by atoms with van der Waals surface area (Å²) in [5, 5.41) is 0. The zero-order chi connectivity index (χ0) is 17.9. The van der Waals surface area contributed by atoms with Crippen LogP contribution in [0.2, 0.25) is 0 Å². The van der Waals surface area contributed by atoms with Gasteiger partial charge >= 0.3 is 0 Å². The minimum atomic E-state index is -0.425. The van der Waals surface area contributed by atoms with Crippen LogP contribution in [0.4, 0.5) is 0 Å². The summed E-state index contributed by atoms with van der Waals surface area (Å²) in [7, 11) is 0. The molecule has 0 aromatic heterocycles. The molecule has 2 aromatic rings. The molecule has 140 valence electrons. The van der Waals surface area contributed by atoms with Crippen molar-refractivity contribution in [1.29, 1.82) is 0 Å². The van der Waals surface area contributed by atoms with Crippen molar-refractivity contribution in [2.24, 2.45) is 0 Å². The standard InChI is InChI=1S/C22H28O4/c1-3-7-20(8-4-1)17-22(18-21-9-5-2-6-10-21)19-25-14-13-23-11-12-24-15-16-26-22/h1-10H,11-19H2. The fourth-order valence-corrected chi connectivity index (χ4v) is 3.26. The van der Waals surface area contributed by atoms with Gasteiger partial charge in [-0.1, -0.05) is 60.7 Å². The van der Waals surface area contributed by atoms with E-state index in [1.807, 2.05) is 12.1 Å². The summed E-state index contributed by atoms with van der Waals surface area (Å²) in [6.45, 7) is 3.97. The Bertz CT molecular complexity index is 559. The van der Waals surface area contributed by atoms with Crippen LogP contribution in [0, 0.1) is 0 Å². The van der Waals surface area contributed by atoms with Crippen LogP contribution in [0.15, 0.2) is 60.7 Å². The van der Waals surface area contributed by atoms with Gasteiger partial charge in [-0.25, -0.2) is 0 Å². The smallest absolute Gasteiger partial charge is 0.0996 e. The van der Waals surface area contributed by atoms with Gasteiger partial charge in [-0.2, -0.15) is 0 Å². The van der Waals surface area contributed by atoms with E-state index in [4.69, 9.17) is 18.9 Å². The molecule has 0 spiro atoms. The van der Waals surface area contributed by atoms with E-state index < -0.39 is 5.60 Å². The fourth-order valence-electron chi connectivity index (χ4n) is 3.26. The molecular weight excluding hydrogens is 328 g/mol. The number of hydrogen-bond acceptors (Lipinski definition) is 4. The first kappa shape index (κ1) is 19.1. The van der Waals surface area contributed by atoms with Crippen molar-refractivity contribution in [2.45, 2.75) is 18.4 Å². The van der Waals surface area contributed by atoms with E-state index in [9.17, 15) is 0 Å². The van der Waals surface area contributed by atoms with Gasteiger partial charge in [0.05, 0.1) is 51.8 Å². The Balaban J connectivity index is 1.79. The monoisotopic (exact) mass is 356 g/mol. The lowest BCUT2D eigenvalue weighted by Crippen LogP contribution is -2.44.